The number of rotatable bonds is 3. The summed E-state index contributed by atoms with van der Waals surface area (Å²) in [6, 6.07) is 23.2. The number of para-hydroxylation sites is 1. The fraction of sp³-hybridized carbons (Fsp3) is 0.0909. The van der Waals surface area contributed by atoms with Gasteiger partial charge >= 0.3 is 0 Å². The van der Waals surface area contributed by atoms with Gasteiger partial charge in [0.2, 0.25) is 0 Å². The maximum atomic E-state index is 13.5. The molecule has 0 saturated heterocycles. The van der Waals surface area contributed by atoms with E-state index in [1.807, 2.05) is 37.3 Å². The highest BCUT2D eigenvalue weighted by Gasteiger charge is 2.40. The van der Waals surface area contributed by atoms with Crippen LogP contribution >= 0.6 is 15.9 Å². The zero-order chi connectivity index (χ0) is 20.6. The van der Waals surface area contributed by atoms with Crippen molar-refractivity contribution < 1.29 is 13.0 Å². The van der Waals surface area contributed by atoms with Gasteiger partial charge in [-0.25, -0.2) is 8.42 Å². The molecule has 0 aromatic heterocycles. The van der Waals surface area contributed by atoms with E-state index >= 15 is 0 Å². The summed E-state index contributed by atoms with van der Waals surface area (Å²) < 4.78 is 42.2. The van der Waals surface area contributed by atoms with Crippen molar-refractivity contribution in [2.75, 3.05) is 10.8 Å². The predicted molar refractivity (Wildman–Crippen MR) is 121 cm³/mol. The topological polar surface area (TPSA) is 60.4 Å². The molecule has 3 aromatic carbocycles. The molecular formula is C22H18BrNO3S2. The Bertz CT molecular complexity index is 1180. The van der Waals surface area contributed by atoms with E-state index < -0.39 is 21.2 Å². The van der Waals surface area contributed by atoms with Gasteiger partial charge in [0.05, 0.1) is 9.38 Å². The van der Waals surface area contributed by atoms with Crippen LogP contribution in [0.5, 0.6) is 0 Å². The van der Waals surface area contributed by atoms with Crippen LogP contribution in [0.15, 0.2) is 93.6 Å². The molecule has 7 heteroatoms. The number of hydrogen-bond acceptors (Lipinski definition) is 3. The number of sulfonamides is 1. The molecule has 4 rings (SSSR count). The molecule has 29 heavy (non-hydrogen) atoms. The Morgan fingerprint density at radius 3 is 2.28 bits per heavy atom. The second-order valence-electron chi connectivity index (χ2n) is 6.66. The van der Waals surface area contributed by atoms with E-state index in [1.165, 1.54) is 4.31 Å². The first-order chi connectivity index (χ1) is 13.9. The maximum absolute atomic E-state index is 13.5. The zero-order valence-electron chi connectivity index (χ0n) is 15.6. The van der Waals surface area contributed by atoms with Gasteiger partial charge in [0.1, 0.15) is 12.2 Å². The lowest BCUT2D eigenvalue weighted by Crippen LogP contribution is -2.39. The fourth-order valence-corrected chi connectivity index (χ4v) is 6.96. The molecule has 1 atom stereocenters. The smallest absolute Gasteiger partial charge is 0.264 e. The van der Waals surface area contributed by atoms with E-state index in [0.29, 0.717) is 20.0 Å². The quantitative estimate of drug-likeness (QED) is 0.484. The first-order valence-corrected chi connectivity index (χ1v) is 12.3. The summed E-state index contributed by atoms with van der Waals surface area (Å²) in [5.41, 5.74) is 2.28. The van der Waals surface area contributed by atoms with E-state index in [1.54, 1.807) is 48.5 Å². The highest BCUT2D eigenvalue weighted by Crippen LogP contribution is 2.42. The Labute approximate surface area is 182 Å². The van der Waals surface area contributed by atoms with Gasteiger partial charge in [0.25, 0.3) is 10.0 Å². The Kier molecular flexibility index (Phi) is 5.57. The second-order valence-corrected chi connectivity index (χ2v) is 10.8. The SMILES string of the molecule is Cc1ccc(S(=O)(=O)N2CC(=C(Br)c3ccccc3)[S+]([O-])c3ccccc32)cc1. The van der Waals surface area contributed by atoms with Crippen LogP contribution in [0.2, 0.25) is 0 Å². The highest BCUT2D eigenvalue weighted by molar-refractivity contribution is 9.15. The second kappa shape index (κ2) is 7.99. The van der Waals surface area contributed by atoms with Crippen LogP contribution < -0.4 is 4.31 Å². The van der Waals surface area contributed by atoms with Crippen LogP contribution in [0.4, 0.5) is 5.69 Å². The van der Waals surface area contributed by atoms with Crippen LogP contribution in [0.25, 0.3) is 4.48 Å². The van der Waals surface area contributed by atoms with Crippen molar-refractivity contribution in [3.8, 4) is 0 Å². The van der Waals surface area contributed by atoms with Crippen molar-refractivity contribution in [2.24, 2.45) is 0 Å². The molecule has 0 bridgehead atoms. The lowest BCUT2D eigenvalue weighted by molar-refractivity contribution is 0.587. The Balaban J connectivity index is 1.88. The molecule has 3 aromatic rings. The molecule has 1 heterocycles. The highest BCUT2D eigenvalue weighted by atomic mass is 79.9. The summed E-state index contributed by atoms with van der Waals surface area (Å²) in [5.74, 6) is 0. The van der Waals surface area contributed by atoms with Gasteiger partial charge < -0.3 is 4.55 Å². The minimum Gasteiger partial charge on any atom is -0.607 e. The molecule has 0 spiro atoms. The number of fused-ring (bicyclic) bond motifs is 1. The summed E-state index contributed by atoms with van der Waals surface area (Å²) in [6.07, 6.45) is 0. The fourth-order valence-electron chi connectivity index (χ4n) is 3.18. The predicted octanol–water partition coefficient (Wildman–Crippen LogP) is 5.08. The first kappa shape index (κ1) is 20.2. The minimum absolute atomic E-state index is 0.00924. The van der Waals surface area contributed by atoms with Crippen LogP contribution in [0.3, 0.4) is 0 Å². The Morgan fingerprint density at radius 1 is 0.966 bits per heavy atom. The molecule has 0 saturated carbocycles. The van der Waals surface area contributed by atoms with E-state index in [2.05, 4.69) is 15.9 Å². The molecule has 0 N–H and O–H groups in total. The molecule has 1 aliphatic rings. The number of aryl methyl sites for hydroxylation is 1. The van der Waals surface area contributed by atoms with Gasteiger partial charge in [-0.15, -0.1) is 0 Å². The summed E-state index contributed by atoms with van der Waals surface area (Å²) in [5, 5.41) is 0. The third-order valence-corrected chi connectivity index (χ3v) is 9.22. The van der Waals surface area contributed by atoms with Gasteiger partial charge in [0, 0.05) is 11.2 Å². The summed E-state index contributed by atoms with van der Waals surface area (Å²) in [6.45, 7) is 1.92. The molecule has 148 valence electrons. The minimum atomic E-state index is -3.82. The Morgan fingerprint density at radius 2 is 1.59 bits per heavy atom. The van der Waals surface area contributed by atoms with E-state index in [-0.39, 0.29) is 11.4 Å². The number of benzene rings is 3. The van der Waals surface area contributed by atoms with Crippen LogP contribution in [-0.4, -0.2) is 19.5 Å². The van der Waals surface area contributed by atoms with Crippen molar-refractivity contribution >= 4 is 47.3 Å². The van der Waals surface area contributed by atoms with Crippen LogP contribution in [0, 0.1) is 6.92 Å². The molecule has 0 aliphatic carbocycles. The van der Waals surface area contributed by atoms with Crippen LogP contribution in [0.1, 0.15) is 11.1 Å². The first-order valence-electron chi connectivity index (χ1n) is 8.94. The summed E-state index contributed by atoms with van der Waals surface area (Å²) in [7, 11) is -3.82. The summed E-state index contributed by atoms with van der Waals surface area (Å²) >= 11 is 2.09. The molecule has 0 fully saturated rings. The third kappa shape index (κ3) is 3.75. The normalized spacial score (nSPS) is 18.3. The van der Waals surface area contributed by atoms with Crippen molar-refractivity contribution in [3.63, 3.8) is 0 Å². The lowest BCUT2D eigenvalue weighted by Gasteiger charge is -2.32. The molecule has 1 unspecified atom stereocenters. The van der Waals surface area contributed by atoms with Gasteiger partial charge in [-0.2, -0.15) is 0 Å². The van der Waals surface area contributed by atoms with E-state index in [9.17, 15) is 13.0 Å². The zero-order valence-corrected chi connectivity index (χ0v) is 18.8. The van der Waals surface area contributed by atoms with Crippen molar-refractivity contribution in [3.05, 3.63) is 94.9 Å². The maximum Gasteiger partial charge on any atom is 0.264 e. The van der Waals surface area contributed by atoms with Crippen molar-refractivity contribution in [1.82, 2.24) is 0 Å². The average molecular weight is 488 g/mol. The van der Waals surface area contributed by atoms with E-state index in [4.69, 9.17) is 0 Å². The number of halogens is 1. The number of hydrogen-bond donors (Lipinski definition) is 0. The van der Waals surface area contributed by atoms with Gasteiger partial charge in [-0.1, -0.05) is 60.2 Å². The van der Waals surface area contributed by atoms with Gasteiger partial charge in [-0.05, 0) is 52.7 Å². The summed E-state index contributed by atoms with van der Waals surface area (Å²) in [4.78, 5) is 1.21. The molecule has 0 amide bonds. The number of anilines is 1. The van der Waals surface area contributed by atoms with Gasteiger partial charge in [0.15, 0.2) is 9.80 Å². The largest absolute Gasteiger partial charge is 0.607 e. The van der Waals surface area contributed by atoms with E-state index in [0.717, 1.165) is 11.1 Å². The average Bonchev–Trinajstić information content (AvgIpc) is 2.74. The van der Waals surface area contributed by atoms with Crippen LogP contribution in [-0.2, 0) is 21.2 Å². The Hall–Kier alpha value is -2.06. The molecule has 0 radical (unpaired) electrons. The molecule has 4 nitrogen and oxygen atoms in total. The third-order valence-electron chi connectivity index (χ3n) is 4.73. The number of nitrogens with zero attached hydrogens (tertiary/aromatic N) is 1. The van der Waals surface area contributed by atoms with Crippen molar-refractivity contribution in [1.29, 1.82) is 0 Å². The monoisotopic (exact) mass is 487 g/mol. The standard InChI is InChI=1S/C22H18BrNO3S2/c1-16-11-13-18(14-12-16)29(26,27)24-15-21(22(23)17-7-3-2-4-8-17)28(25)20-10-6-5-9-19(20)24/h2-14H,15H2,1H3. The molecular weight excluding hydrogens is 470 g/mol. The van der Waals surface area contributed by atoms with Gasteiger partial charge in [-0.3, -0.25) is 4.31 Å². The van der Waals surface area contributed by atoms with Crippen molar-refractivity contribution in [2.45, 2.75) is 16.7 Å². The molecule has 1 aliphatic heterocycles. The lowest BCUT2D eigenvalue weighted by atomic mass is 10.2.